The van der Waals surface area contributed by atoms with Crippen LogP contribution < -0.4 is 0 Å². The Labute approximate surface area is 109 Å². The summed E-state index contributed by atoms with van der Waals surface area (Å²) < 4.78 is 0. The third kappa shape index (κ3) is 22.4. The van der Waals surface area contributed by atoms with Crippen molar-refractivity contribution >= 4 is 47.0 Å². The first-order valence-corrected chi connectivity index (χ1v) is 3.12. The zero-order valence-corrected chi connectivity index (χ0v) is 11.4. The second-order valence-corrected chi connectivity index (χ2v) is 2.16. The average Bonchev–Trinajstić information content (AvgIpc) is 1.90. The van der Waals surface area contributed by atoms with Gasteiger partial charge in [0.25, 0.3) is 0 Å². The molecular weight excluding hydrogens is 273 g/mol. The van der Waals surface area contributed by atoms with Gasteiger partial charge in [-0.2, -0.15) is 36.4 Å². The molecule has 0 N–H and O–H groups in total. The summed E-state index contributed by atoms with van der Waals surface area (Å²) in [4.78, 5) is 1.75. The maximum Gasteiger partial charge on any atom is 2.00 e. The third-order valence-corrected chi connectivity index (χ3v) is 0.607. The minimum Gasteiger partial charge on any atom is -0.464 e. The van der Waals surface area contributed by atoms with Crippen LogP contribution in [0.15, 0.2) is 30.3 Å². The summed E-state index contributed by atoms with van der Waals surface area (Å²) in [6.07, 6.45) is 0. The molecule has 0 amide bonds. The number of benzene rings is 1. The van der Waals surface area contributed by atoms with Gasteiger partial charge in [0, 0.05) is 0 Å². The molecule has 0 saturated carbocycles. The predicted molar refractivity (Wildman–Crippen MR) is 65.5 cm³/mol. The Morgan fingerprint density at radius 1 is 1.08 bits per heavy atom. The standard InChI is InChI=1S/C6H5.C3H8N.HI.Mg/c1-2-4-6-5-3-1;1-4(2)3;;/h1-5H;1H2,2-3H3;1H;/q2*-1;;+2. The van der Waals surface area contributed by atoms with Gasteiger partial charge in [-0.1, -0.05) is 0 Å². The summed E-state index contributed by atoms with van der Waals surface area (Å²) in [5, 5.41) is 0. The van der Waals surface area contributed by atoms with Crippen LogP contribution in [-0.2, 0) is 0 Å². The molecule has 1 aromatic rings. The Bertz CT molecular complexity index is 115. The average molecular weight is 287 g/mol. The molecule has 0 aliphatic carbocycles. The molecule has 1 aromatic carbocycles. The quantitative estimate of drug-likeness (QED) is 0.401. The minimum absolute atomic E-state index is 0. The Hall–Kier alpha value is 0.676. The largest absolute Gasteiger partial charge is 2.00 e. The summed E-state index contributed by atoms with van der Waals surface area (Å²) in [5.74, 6) is 0. The molecule has 64 valence electrons. The molecule has 0 unspecified atom stereocenters. The molecule has 12 heavy (non-hydrogen) atoms. The van der Waals surface area contributed by atoms with Gasteiger partial charge in [-0.3, -0.25) is 7.05 Å². The fourth-order valence-electron chi connectivity index (χ4n) is 0.342. The van der Waals surface area contributed by atoms with Crippen molar-refractivity contribution in [3.05, 3.63) is 43.4 Å². The van der Waals surface area contributed by atoms with Crippen molar-refractivity contribution in [2.45, 2.75) is 0 Å². The molecule has 0 radical (unpaired) electrons. The van der Waals surface area contributed by atoms with Crippen LogP contribution in [0, 0.1) is 13.1 Å². The maximum atomic E-state index is 3.47. The Balaban J connectivity index is -0.000000124. The van der Waals surface area contributed by atoms with E-state index in [-0.39, 0.29) is 47.0 Å². The monoisotopic (exact) mass is 287 g/mol. The molecule has 0 saturated heterocycles. The van der Waals surface area contributed by atoms with E-state index in [0.717, 1.165) is 0 Å². The normalized spacial score (nSPS) is 7.00. The number of hydrogen-bond donors (Lipinski definition) is 0. The molecule has 0 spiro atoms. The SMILES string of the molecule is I.[CH2-]N(C)C.[Mg+2].[c-]1ccccc1. The molecule has 0 aromatic heterocycles. The van der Waals surface area contributed by atoms with Gasteiger partial charge in [0.05, 0.1) is 0 Å². The Morgan fingerprint density at radius 3 is 1.50 bits per heavy atom. The fraction of sp³-hybridized carbons (Fsp3) is 0.222. The third-order valence-electron chi connectivity index (χ3n) is 0.607. The summed E-state index contributed by atoms with van der Waals surface area (Å²) in [5.41, 5.74) is 0. The van der Waals surface area contributed by atoms with E-state index in [0.29, 0.717) is 0 Å². The van der Waals surface area contributed by atoms with Gasteiger partial charge < -0.3 is 4.90 Å². The van der Waals surface area contributed by atoms with Gasteiger partial charge in [-0.15, -0.1) is 24.0 Å². The first kappa shape index (κ1) is 18.5. The minimum atomic E-state index is 0. The maximum absolute atomic E-state index is 3.47. The van der Waals surface area contributed by atoms with E-state index in [1.54, 1.807) is 4.90 Å². The molecule has 0 atom stereocenters. The van der Waals surface area contributed by atoms with Gasteiger partial charge in [0.2, 0.25) is 0 Å². The van der Waals surface area contributed by atoms with Gasteiger partial charge >= 0.3 is 23.1 Å². The van der Waals surface area contributed by atoms with Crippen LogP contribution in [-0.4, -0.2) is 42.0 Å². The number of hydrogen-bond acceptors (Lipinski definition) is 1. The van der Waals surface area contributed by atoms with Crippen molar-refractivity contribution in [1.82, 2.24) is 4.90 Å². The van der Waals surface area contributed by atoms with Crippen molar-refractivity contribution in [2.75, 3.05) is 14.1 Å². The van der Waals surface area contributed by atoms with Crippen LogP contribution in [0.5, 0.6) is 0 Å². The van der Waals surface area contributed by atoms with Crippen LogP contribution >= 0.6 is 24.0 Å². The molecule has 3 heteroatoms. The van der Waals surface area contributed by atoms with E-state index < -0.39 is 0 Å². The van der Waals surface area contributed by atoms with Crippen molar-refractivity contribution in [2.24, 2.45) is 0 Å². The smallest absolute Gasteiger partial charge is 0.464 e. The Morgan fingerprint density at radius 2 is 1.42 bits per heavy atom. The molecule has 1 rings (SSSR count). The number of nitrogens with zero attached hydrogens (tertiary/aromatic N) is 1. The van der Waals surface area contributed by atoms with Gasteiger partial charge in [0.1, 0.15) is 0 Å². The molecule has 0 bridgehead atoms. The predicted octanol–water partition coefficient (Wildman–Crippen LogP) is 2.06. The van der Waals surface area contributed by atoms with Crippen molar-refractivity contribution in [3.63, 3.8) is 0 Å². The molecule has 0 aliphatic rings. The van der Waals surface area contributed by atoms with E-state index in [1.165, 1.54) is 0 Å². The van der Waals surface area contributed by atoms with Crippen molar-refractivity contribution in [1.29, 1.82) is 0 Å². The van der Waals surface area contributed by atoms with Crippen molar-refractivity contribution < 1.29 is 0 Å². The zero-order valence-electron chi connectivity index (χ0n) is 7.66. The second kappa shape index (κ2) is 14.2. The molecular formula is C9H14IMgN. The summed E-state index contributed by atoms with van der Waals surface area (Å²) in [6, 6.07) is 12.5. The van der Waals surface area contributed by atoms with Crippen LogP contribution in [0.2, 0.25) is 0 Å². The first-order chi connectivity index (χ1) is 4.73. The van der Waals surface area contributed by atoms with Crippen molar-refractivity contribution in [3.8, 4) is 0 Å². The van der Waals surface area contributed by atoms with E-state index in [9.17, 15) is 0 Å². The second-order valence-electron chi connectivity index (χ2n) is 2.16. The van der Waals surface area contributed by atoms with Gasteiger partial charge in [0.15, 0.2) is 0 Å². The molecule has 1 nitrogen and oxygen atoms in total. The van der Waals surface area contributed by atoms with E-state index in [4.69, 9.17) is 0 Å². The zero-order chi connectivity index (χ0) is 7.82. The topological polar surface area (TPSA) is 3.24 Å². The Kier molecular flexibility index (Phi) is 21.9. The van der Waals surface area contributed by atoms with Crippen LogP contribution in [0.3, 0.4) is 0 Å². The first-order valence-electron chi connectivity index (χ1n) is 3.12. The van der Waals surface area contributed by atoms with E-state index in [2.05, 4.69) is 13.1 Å². The fourth-order valence-corrected chi connectivity index (χ4v) is 0.342. The van der Waals surface area contributed by atoms with Gasteiger partial charge in [-0.05, 0) is 14.1 Å². The molecule has 0 fully saturated rings. The van der Waals surface area contributed by atoms with E-state index in [1.807, 2.05) is 44.4 Å². The molecule has 0 heterocycles. The van der Waals surface area contributed by atoms with Crippen LogP contribution in [0.25, 0.3) is 0 Å². The summed E-state index contributed by atoms with van der Waals surface area (Å²) in [6.45, 7) is 0. The number of rotatable bonds is 0. The molecule has 0 aliphatic heterocycles. The van der Waals surface area contributed by atoms with Crippen LogP contribution in [0.1, 0.15) is 0 Å². The van der Waals surface area contributed by atoms with E-state index >= 15 is 0 Å². The summed E-state index contributed by atoms with van der Waals surface area (Å²) >= 11 is 0. The number of halogens is 1. The van der Waals surface area contributed by atoms with Gasteiger partial charge in [-0.25, -0.2) is 0 Å². The summed E-state index contributed by atoms with van der Waals surface area (Å²) in [7, 11) is 7.25. The van der Waals surface area contributed by atoms with Crippen LogP contribution in [0.4, 0.5) is 0 Å².